The number of carbonyl (C=O) groups is 1. The molecule has 4 nitrogen and oxygen atoms in total. The van der Waals surface area contributed by atoms with Gasteiger partial charge in [0, 0.05) is 21.3 Å². The highest BCUT2D eigenvalue weighted by Gasteiger charge is 2.17. The number of hydrogen-bond acceptors (Lipinski definition) is 4. The number of hydrogen-bond donors (Lipinski definition) is 1. The van der Waals surface area contributed by atoms with Crippen LogP contribution < -0.4 is 10.5 Å². The van der Waals surface area contributed by atoms with Gasteiger partial charge in [-0.05, 0) is 24.3 Å². The van der Waals surface area contributed by atoms with Crippen LogP contribution in [0.3, 0.4) is 0 Å². The third-order valence-corrected chi connectivity index (χ3v) is 3.59. The number of methoxy groups -OCH3 is 1. The molecule has 2 N–H and O–H groups in total. The molecule has 0 amide bonds. The van der Waals surface area contributed by atoms with Crippen molar-refractivity contribution in [2.75, 3.05) is 12.8 Å². The van der Waals surface area contributed by atoms with E-state index in [-0.39, 0.29) is 17.9 Å². The van der Waals surface area contributed by atoms with E-state index >= 15 is 0 Å². The molecule has 0 saturated carbocycles. The van der Waals surface area contributed by atoms with Gasteiger partial charge in [-0.2, -0.15) is 0 Å². The smallest absolute Gasteiger partial charge is 0.343 e. The van der Waals surface area contributed by atoms with Crippen LogP contribution in [-0.4, -0.2) is 13.1 Å². The predicted octanol–water partition coefficient (Wildman–Crippen LogP) is 3.94. The van der Waals surface area contributed by atoms with Gasteiger partial charge in [-0.25, -0.2) is 4.79 Å². The Morgan fingerprint density at radius 1 is 1.14 bits per heavy atom. The molecule has 0 radical (unpaired) electrons. The predicted molar refractivity (Wildman–Crippen MR) is 83.0 cm³/mol. The van der Waals surface area contributed by atoms with Crippen molar-refractivity contribution < 1.29 is 14.3 Å². The number of halogens is 2. The van der Waals surface area contributed by atoms with E-state index < -0.39 is 5.97 Å². The Labute approximate surface area is 132 Å². The van der Waals surface area contributed by atoms with Gasteiger partial charge in [0.15, 0.2) is 0 Å². The second kappa shape index (κ2) is 6.70. The van der Waals surface area contributed by atoms with E-state index in [9.17, 15) is 4.79 Å². The fourth-order valence-corrected chi connectivity index (χ4v) is 2.32. The molecule has 0 aliphatic rings. The van der Waals surface area contributed by atoms with Gasteiger partial charge in [-0.1, -0.05) is 35.3 Å². The number of esters is 1. The van der Waals surface area contributed by atoms with E-state index in [1.807, 2.05) is 0 Å². The second-order valence-electron chi connectivity index (χ2n) is 4.20. The lowest BCUT2D eigenvalue weighted by Gasteiger charge is -2.13. The number of rotatable bonds is 4. The van der Waals surface area contributed by atoms with E-state index in [0.717, 1.165) is 0 Å². The number of nitrogens with two attached hydrogens (primary N) is 1. The van der Waals surface area contributed by atoms with Crippen LogP contribution in [0, 0.1) is 0 Å². The van der Waals surface area contributed by atoms with Gasteiger partial charge in [0.05, 0.1) is 7.11 Å². The molecule has 0 spiro atoms. The van der Waals surface area contributed by atoms with Crippen molar-refractivity contribution in [1.29, 1.82) is 0 Å². The number of nitrogen functional groups attached to an aromatic ring is 1. The highest BCUT2D eigenvalue weighted by Crippen LogP contribution is 2.29. The summed E-state index contributed by atoms with van der Waals surface area (Å²) in [6, 6.07) is 10.1. The lowest BCUT2D eigenvalue weighted by atomic mass is 10.1. The SMILES string of the molecule is COC(=O)c1c(N)cccc1OCc1c(Cl)cccc1Cl. The first-order chi connectivity index (χ1) is 10.0. The summed E-state index contributed by atoms with van der Waals surface area (Å²) in [5.74, 6) is -0.244. The first-order valence-corrected chi connectivity index (χ1v) is 6.82. The maximum atomic E-state index is 11.8. The maximum absolute atomic E-state index is 11.8. The van der Waals surface area contributed by atoms with Gasteiger partial charge in [0.25, 0.3) is 0 Å². The third kappa shape index (κ3) is 3.40. The Hall–Kier alpha value is -1.91. The summed E-state index contributed by atoms with van der Waals surface area (Å²) in [4.78, 5) is 11.8. The molecule has 0 saturated heterocycles. The average Bonchev–Trinajstić information content (AvgIpc) is 2.46. The van der Waals surface area contributed by atoms with E-state index in [1.54, 1.807) is 36.4 Å². The summed E-state index contributed by atoms with van der Waals surface area (Å²) in [6.45, 7) is 0.117. The fourth-order valence-electron chi connectivity index (χ4n) is 1.81. The van der Waals surface area contributed by atoms with Crippen LogP contribution in [0.2, 0.25) is 10.0 Å². The maximum Gasteiger partial charge on any atom is 0.343 e. The molecule has 0 aliphatic carbocycles. The topological polar surface area (TPSA) is 61.5 Å². The Balaban J connectivity index is 2.29. The van der Waals surface area contributed by atoms with Crippen LogP contribution in [-0.2, 0) is 11.3 Å². The van der Waals surface area contributed by atoms with Gasteiger partial charge in [-0.3, -0.25) is 0 Å². The minimum Gasteiger partial charge on any atom is -0.488 e. The lowest BCUT2D eigenvalue weighted by Crippen LogP contribution is -2.09. The van der Waals surface area contributed by atoms with Gasteiger partial charge in [0.2, 0.25) is 0 Å². The fraction of sp³-hybridized carbons (Fsp3) is 0.133. The molecule has 6 heteroatoms. The number of anilines is 1. The molecule has 21 heavy (non-hydrogen) atoms. The van der Waals surface area contributed by atoms with Gasteiger partial charge in [0.1, 0.15) is 17.9 Å². The van der Waals surface area contributed by atoms with Crippen molar-refractivity contribution in [2.45, 2.75) is 6.61 Å². The number of ether oxygens (including phenoxy) is 2. The van der Waals surface area contributed by atoms with Crippen LogP contribution in [0.15, 0.2) is 36.4 Å². The van der Waals surface area contributed by atoms with Crippen LogP contribution in [0.5, 0.6) is 5.75 Å². The molecule has 0 aromatic heterocycles. The van der Waals surface area contributed by atoms with E-state index in [4.69, 9.17) is 38.4 Å². The van der Waals surface area contributed by atoms with Crippen molar-refractivity contribution in [2.24, 2.45) is 0 Å². The highest BCUT2D eigenvalue weighted by atomic mass is 35.5. The standard InChI is InChI=1S/C15H13Cl2NO3/c1-20-15(19)14-12(18)6-3-7-13(14)21-8-9-10(16)4-2-5-11(9)17/h2-7H,8,18H2,1H3. The zero-order chi connectivity index (χ0) is 15.4. The zero-order valence-corrected chi connectivity index (χ0v) is 12.7. The van der Waals surface area contributed by atoms with E-state index in [2.05, 4.69) is 0 Å². The molecule has 0 aliphatic heterocycles. The number of carbonyl (C=O) groups excluding carboxylic acids is 1. The van der Waals surface area contributed by atoms with Gasteiger partial charge in [-0.15, -0.1) is 0 Å². The van der Waals surface area contributed by atoms with Crippen molar-refractivity contribution in [3.05, 3.63) is 57.6 Å². The number of benzene rings is 2. The summed E-state index contributed by atoms with van der Waals surface area (Å²) < 4.78 is 10.3. The van der Waals surface area contributed by atoms with Gasteiger partial charge >= 0.3 is 5.97 Å². The van der Waals surface area contributed by atoms with Crippen molar-refractivity contribution >= 4 is 34.9 Å². The van der Waals surface area contributed by atoms with Crippen molar-refractivity contribution in [3.63, 3.8) is 0 Å². The molecular formula is C15H13Cl2NO3. The second-order valence-corrected chi connectivity index (χ2v) is 5.02. The molecule has 2 aromatic rings. The quantitative estimate of drug-likeness (QED) is 0.683. The third-order valence-electron chi connectivity index (χ3n) is 2.88. The highest BCUT2D eigenvalue weighted by molar-refractivity contribution is 6.35. The lowest BCUT2D eigenvalue weighted by molar-refractivity contribution is 0.0597. The Morgan fingerprint density at radius 3 is 2.38 bits per heavy atom. The molecule has 0 bridgehead atoms. The molecular weight excluding hydrogens is 313 g/mol. The van der Waals surface area contributed by atoms with Crippen molar-refractivity contribution in [1.82, 2.24) is 0 Å². The Morgan fingerprint density at radius 2 is 1.76 bits per heavy atom. The van der Waals surface area contributed by atoms with Gasteiger partial charge < -0.3 is 15.2 Å². The molecule has 110 valence electrons. The minimum absolute atomic E-state index is 0.117. The first-order valence-electron chi connectivity index (χ1n) is 6.07. The molecule has 2 aromatic carbocycles. The molecule has 2 rings (SSSR count). The molecule has 0 heterocycles. The Kier molecular flexibility index (Phi) is 4.94. The summed E-state index contributed by atoms with van der Waals surface area (Å²) in [6.07, 6.45) is 0. The first kappa shape index (κ1) is 15.5. The average molecular weight is 326 g/mol. The summed E-state index contributed by atoms with van der Waals surface area (Å²) >= 11 is 12.2. The molecule has 0 fully saturated rings. The zero-order valence-electron chi connectivity index (χ0n) is 11.2. The largest absolute Gasteiger partial charge is 0.488 e. The minimum atomic E-state index is -0.562. The Bertz CT molecular complexity index is 654. The molecule has 0 unspecified atom stereocenters. The monoisotopic (exact) mass is 325 g/mol. The summed E-state index contributed by atoms with van der Waals surface area (Å²) in [5, 5.41) is 0.983. The van der Waals surface area contributed by atoms with Crippen molar-refractivity contribution in [3.8, 4) is 5.75 Å². The van der Waals surface area contributed by atoms with E-state index in [1.165, 1.54) is 7.11 Å². The van der Waals surface area contributed by atoms with Crippen LogP contribution in [0.4, 0.5) is 5.69 Å². The van der Waals surface area contributed by atoms with Crippen LogP contribution >= 0.6 is 23.2 Å². The summed E-state index contributed by atoms with van der Waals surface area (Å²) in [7, 11) is 1.28. The molecule has 0 atom stereocenters. The summed E-state index contributed by atoms with van der Waals surface area (Å²) in [5.41, 5.74) is 6.90. The van der Waals surface area contributed by atoms with Crippen LogP contribution in [0.1, 0.15) is 15.9 Å². The van der Waals surface area contributed by atoms with Crippen LogP contribution in [0.25, 0.3) is 0 Å². The van der Waals surface area contributed by atoms with E-state index in [0.29, 0.717) is 21.4 Å². The normalized spacial score (nSPS) is 10.2.